The molecule has 0 aromatic heterocycles. The van der Waals surface area contributed by atoms with Crippen LogP contribution in [-0.2, 0) is 6.42 Å². The predicted molar refractivity (Wildman–Crippen MR) is 45.6 cm³/mol. The van der Waals surface area contributed by atoms with E-state index >= 15 is 0 Å². The summed E-state index contributed by atoms with van der Waals surface area (Å²) in [5.41, 5.74) is 0.926. The van der Waals surface area contributed by atoms with E-state index < -0.39 is 11.8 Å². The molecule has 68 valence electrons. The highest BCUT2D eigenvalue weighted by atomic mass is 19.1. The Bertz CT molecular complexity index is 376. The first-order valence-corrected chi connectivity index (χ1v) is 3.98. The van der Waals surface area contributed by atoms with Crippen LogP contribution in [0.3, 0.4) is 0 Å². The Hall–Kier alpha value is -1.58. The predicted octanol–water partition coefficient (Wildman–Crippen LogP) is 1.49. The number of carboxylic acid groups (broad SMARTS) is 1. The number of carboxylic acids is 1. The van der Waals surface area contributed by atoms with Crippen LogP contribution in [0.4, 0.5) is 10.1 Å². The van der Waals surface area contributed by atoms with Crippen LogP contribution >= 0.6 is 0 Å². The molecule has 0 spiro atoms. The monoisotopic (exact) mass is 181 g/mol. The second-order valence-electron chi connectivity index (χ2n) is 2.94. The quantitative estimate of drug-likeness (QED) is 0.690. The van der Waals surface area contributed by atoms with Gasteiger partial charge in [0.2, 0.25) is 0 Å². The lowest BCUT2D eigenvalue weighted by atomic mass is 10.1. The molecule has 0 bridgehead atoms. The standard InChI is InChI=1S/C9H8FNO2/c10-7-6(9(12)13)2-1-5-3-4-11-8(5)7/h1-2,11H,3-4H2,(H,12,13). The third kappa shape index (κ3) is 1.14. The minimum atomic E-state index is -1.23. The normalized spacial score (nSPS) is 13.6. The molecular formula is C9H8FNO2. The van der Waals surface area contributed by atoms with E-state index in [2.05, 4.69) is 5.32 Å². The number of nitrogens with one attached hydrogen (secondary N) is 1. The topological polar surface area (TPSA) is 49.3 Å². The fourth-order valence-corrected chi connectivity index (χ4v) is 1.50. The van der Waals surface area contributed by atoms with Crippen LogP contribution in [0.5, 0.6) is 0 Å². The average molecular weight is 181 g/mol. The maximum Gasteiger partial charge on any atom is 0.338 e. The molecule has 13 heavy (non-hydrogen) atoms. The Balaban J connectivity index is 2.59. The maximum absolute atomic E-state index is 13.4. The molecule has 2 rings (SSSR count). The average Bonchev–Trinajstić information content (AvgIpc) is 2.52. The van der Waals surface area contributed by atoms with E-state index in [4.69, 9.17) is 5.11 Å². The van der Waals surface area contributed by atoms with Crippen LogP contribution in [0.2, 0.25) is 0 Å². The van der Waals surface area contributed by atoms with Gasteiger partial charge in [-0.2, -0.15) is 0 Å². The molecule has 1 aromatic carbocycles. The second-order valence-corrected chi connectivity index (χ2v) is 2.94. The molecule has 1 aliphatic rings. The van der Waals surface area contributed by atoms with Gasteiger partial charge in [-0.1, -0.05) is 6.07 Å². The van der Waals surface area contributed by atoms with E-state index in [-0.39, 0.29) is 5.56 Å². The first-order chi connectivity index (χ1) is 6.20. The van der Waals surface area contributed by atoms with Crippen molar-refractivity contribution in [2.24, 2.45) is 0 Å². The lowest BCUT2D eigenvalue weighted by Gasteiger charge is -2.03. The van der Waals surface area contributed by atoms with Crippen LogP contribution < -0.4 is 5.32 Å². The number of hydrogen-bond donors (Lipinski definition) is 2. The molecule has 0 aliphatic carbocycles. The molecule has 3 nitrogen and oxygen atoms in total. The van der Waals surface area contributed by atoms with E-state index in [9.17, 15) is 9.18 Å². The second kappa shape index (κ2) is 2.73. The van der Waals surface area contributed by atoms with Gasteiger partial charge in [0.25, 0.3) is 0 Å². The molecule has 0 atom stereocenters. The number of hydrogen-bond acceptors (Lipinski definition) is 2. The van der Waals surface area contributed by atoms with Crippen molar-refractivity contribution in [2.45, 2.75) is 6.42 Å². The fourth-order valence-electron chi connectivity index (χ4n) is 1.50. The largest absolute Gasteiger partial charge is 0.478 e. The molecular weight excluding hydrogens is 173 g/mol. The summed E-state index contributed by atoms with van der Waals surface area (Å²) in [6, 6.07) is 2.96. The van der Waals surface area contributed by atoms with Gasteiger partial charge in [-0.05, 0) is 18.1 Å². The van der Waals surface area contributed by atoms with Crippen LogP contribution in [-0.4, -0.2) is 17.6 Å². The summed E-state index contributed by atoms with van der Waals surface area (Å²) in [6.07, 6.45) is 0.756. The highest BCUT2D eigenvalue weighted by molar-refractivity contribution is 5.89. The van der Waals surface area contributed by atoms with Crippen molar-refractivity contribution in [3.05, 3.63) is 29.1 Å². The van der Waals surface area contributed by atoms with Crippen molar-refractivity contribution in [1.29, 1.82) is 0 Å². The maximum atomic E-state index is 13.4. The Morgan fingerprint density at radius 1 is 1.54 bits per heavy atom. The van der Waals surface area contributed by atoms with Crippen molar-refractivity contribution in [3.63, 3.8) is 0 Å². The Morgan fingerprint density at radius 3 is 3.00 bits per heavy atom. The van der Waals surface area contributed by atoms with Gasteiger partial charge in [0.05, 0.1) is 11.3 Å². The van der Waals surface area contributed by atoms with Gasteiger partial charge < -0.3 is 10.4 Å². The zero-order chi connectivity index (χ0) is 9.42. The molecule has 1 aromatic rings. The van der Waals surface area contributed by atoms with Crippen LogP contribution in [0.25, 0.3) is 0 Å². The number of anilines is 1. The van der Waals surface area contributed by atoms with Crippen molar-refractivity contribution in [2.75, 3.05) is 11.9 Å². The SMILES string of the molecule is O=C(O)c1ccc2c(c1F)NCC2. The first kappa shape index (κ1) is 8.04. The molecule has 1 heterocycles. The Morgan fingerprint density at radius 2 is 2.31 bits per heavy atom. The van der Waals surface area contributed by atoms with E-state index in [0.717, 1.165) is 12.0 Å². The van der Waals surface area contributed by atoms with Crippen molar-refractivity contribution in [3.8, 4) is 0 Å². The van der Waals surface area contributed by atoms with E-state index in [1.165, 1.54) is 6.07 Å². The summed E-state index contributed by atoms with van der Waals surface area (Å²) < 4.78 is 13.4. The lowest BCUT2D eigenvalue weighted by molar-refractivity contribution is 0.0692. The number of fused-ring (bicyclic) bond motifs is 1. The summed E-state index contributed by atoms with van der Waals surface area (Å²) in [7, 11) is 0. The number of carbonyl (C=O) groups is 1. The summed E-state index contributed by atoms with van der Waals surface area (Å²) in [4.78, 5) is 10.6. The lowest BCUT2D eigenvalue weighted by Crippen LogP contribution is -2.03. The molecule has 0 saturated carbocycles. The van der Waals surface area contributed by atoms with Crippen LogP contribution in [0.15, 0.2) is 12.1 Å². The number of benzene rings is 1. The molecule has 0 unspecified atom stereocenters. The van der Waals surface area contributed by atoms with Crippen molar-refractivity contribution in [1.82, 2.24) is 0 Å². The van der Waals surface area contributed by atoms with Gasteiger partial charge in [0, 0.05) is 6.54 Å². The van der Waals surface area contributed by atoms with E-state index in [0.29, 0.717) is 12.2 Å². The highest BCUT2D eigenvalue weighted by Gasteiger charge is 2.20. The zero-order valence-corrected chi connectivity index (χ0v) is 6.80. The highest BCUT2D eigenvalue weighted by Crippen LogP contribution is 2.27. The minimum Gasteiger partial charge on any atom is -0.478 e. The van der Waals surface area contributed by atoms with Gasteiger partial charge in [0.15, 0.2) is 5.82 Å². The third-order valence-corrected chi connectivity index (χ3v) is 2.15. The Kier molecular flexibility index (Phi) is 1.69. The molecule has 1 aliphatic heterocycles. The van der Waals surface area contributed by atoms with Gasteiger partial charge in [-0.15, -0.1) is 0 Å². The van der Waals surface area contributed by atoms with Gasteiger partial charge in [-0.25, -0.2) is 9.18 Å². The summed E-state index contributed by atoms with van der Waals surface area (Å²) >= 11 is 0. The van der Waals surface area contributed by atoms with Gasteiger partial charge >= 0.3 is 5.97 Å². The molecule has 4 heteroatoms. The molecule has 0 amide bonds. The molecule has 2 N–H and O–H groups in total. The zero-order valence-electron chi connectivity index (χ0n) is 6.80. The van der Waals surface area contributed by atoms with Crippen LogP contribution in [0.1, 0.15) is 15.9 Å². The first-order valence-electron chi connectivity index (χ1n) is 3.98. The minimum absolute atomic E-state index is 0.270. The fraction of sp³-hybridized carbons (Fsp3) is 0.222. The van der Waals surface area contributed by atoms with E-state index in [1.807, 2.05) is 0 Å². The summed E-state index contributed by atoms with van der Waals surface area (Å²) in [6.45, 7) is 0.676. The summed E-state index contributed by atoms with van der Waals surface area (Å²) in [5.74, 6) is -1.88. The molecule has 0 fully saturated rings. The Labute approximate surface area is 74.2 Å². The van der Waals surface area contributed by atoms with Crippen LogP contribution in [0, 0.1) is 5.82 Å². The van der Waals surface area contributed by atoms with Crippen molar-refractivity contribution >= 4 is 11.7 Å². The van der Waals surface area contributed by atoms with E-state index in [1.54, 1.807) is 6.07 Å². The molecule has 0 saturated heterocycles. The number of rotatable bonds is 1. The third-order valence-electron chi connectivity index (χ3n) is 2.15. The number of aromatic carboxylic acids is 1. The summed E-state index contributed by atoms with van der Waals surface area (Å²) in [5, 5.41) is 11.5. The number of halogens is 1. The smallest absolute Gasteiger partial charge is 0.338 e. The van der Waals surface area contributed by atoms with Gasteiger partial charge in [0.1, 0.15) is 0 Å². The molecule has 0 radical (unpaired) electrons. The van der Waals surface area contributed by atoms with Gasteiger partial charge in [-0.3, -0.25) is 0 Å². The van der Waals surface area contributed by atoms with Crippen molar-refractivity contribution < 1.29 is 14.3 Å².